The average molecular weight is 168 g/mol. The van der Waals surface area contributed by atoms with Crippen LogP contribution in [0.1, 0.15) is 27.7 Å². The molecule has 0 aliphatic rings. The zero-order valence-corrected chi connectivity index (χ0v) is 9.24. The summed E-state index contributed by atoms with van der Waals surface area (Å²) in [5.74, 6) is 0. The average Bonchev–Trinajstić information content (AvgIpc) is 1.27. The predicted molar refractivity (Wildman–Crippen MR) is 31.4 cm³/mol. The van der Waals surface area contributed by atoms with Gasteiger partial charge in [-0.15, -0.1) is 0 Å². The first-order valence-corrected chi connectivity index (χ1v) is 2.78. The molecule has 0 heterocycles. The van der Waals surface area contributed by atoms with Crippen LogP contribution in [0.15, 0.2) is 0 Å². The smallest absolute Gasteiger partial charge is 0.0522 e. The van der Waals surface area contributed by atoms with E-state index in [1.807, 2.05) is 27.7 Å². The van der Waals surface area contributed by atoms with E-state index in [1.54, 1.807) is 0 Å². The summed E-state index contributed by atoms with van der Waals surface area (Å²) in [7, 11) is 0. The van der Waals surface area contributed by atoms with Crippen molar-refractivity contribution in [1.29, 1.82) is 0 Å². The monoisotopic (exact) mass is 166 g/mol. The van der Waals surface area contributed by atoms with Gasteiger partial charge >= 0.3 is 0 Å². The third-order valence-corrected chi connectivity index (χ3v) is 0.544. The van der Waals surface area contributed by atoms with Gasteiger partial charge in [-0.3, -0.25) is 0 Å². The van der Waals surface area contributed by atoms with Crippen LogP contribution in [0.5, 0.6) is 0 Å². The molecule has 0 aromatic heterocycles. The first-order chi connectivity index (χ1) is 3.13. The number of rotatable bonds is 2. The fraction of sp³-hybridized carbons (Fsp3) is 1.00. The van der Waals surface area contributed by atoms with Gasteiger partial charge in [0.2, 0.25) is 0 Å². The first-order valence-electron chi connectivity index (χ1n) is 2.78. The molecule has 0 rings (SSSR count). The van der Waals surface area contributed by atoms with Crippen LogP contribution < -0.4 is 0 Å². The van der Waals surface area contributed by atoms with Crippen molar-refractivity contribution in [2.75, 3.05) is 0 Å². The molecule has 0 N–H and O–H groups in total. The molecule has 2 heteroatoms. The van der Waals surface area contributed by atoms with Crippen LogP contribution in [0, 0.1) is 0 Å². The molecular weight excluding hydrogens is 153 g/mol. The Balaban J connectivity index is 0. The summed E-state index contributed by atoms with van der Waals surface area (Å²) in [6.45, 7) is 8.17. The van der Waals surface area contributed by atoms with E-state index in [-0.39, 0.29) is 19.5 Å². The molecule has 0 fully saturated rings. The molecule has 0 radical (unpaired) electrons. The second kappa shape index (κ2) is 5.72. The molecule has 0 amide bonds. The van der Waals surface area contributed by atoms with E-state index in [0.29, 0.717) is 12.2 Å². The van der Waals surface area contributed by atoms with Crippen molar-refractivity contribution in [3.63, 3.8) is 0 Å². The van der Waals surface area contributed by atoms with Crippen molar-refractivity contribution in [2.24, 2.45) is 0 Å². The summed E-state index contributed by atoms with van der Waals surface area (Å²) >= 11 is 0. The number of hydrogen-bond donors (Lipinski definition) is 0. The van der Waals surface area contributed by atoms with Crippen LogP contribution in [0.25, 0.3) is 0 Å². The van der Waals surface area contributed by atoms with Crippen LogP contribution in [0.2, 0.25) is 0 Å². The van der Waals surface area contributed by atoms with Gasteiger partial charge in [-0.25, -0.2) is 0 Å². The quantitative estimate of drug-likeness (QED) is 0.570. The maximum atomic E-state index is 5.25. The molecule has 0 atom stereocenters. The van der Waals surface area contributed by atoms with Gasteiger partial charge in [0.05, 0.1) is 12.2 Å². The number of ether oxygens (including phenoxy) is 1. The van der Waals surface area contributed by atoms with Gasteiger partial charge in [-0.05, 0) is 27.7 Å². The van der Waals surface area contributed by atoms with Crippen molar-refractivity contribution in [1.82, 2.24) is 0 Å². The maximum Gasteiger partial charge on any atom is 0.0522 e. The molecule has 1 nitrogen and oxygen atoms in total. The topological polar surface area (TPSA) is 9.23 Å². The minimum Gasteiger partial charge on any atom is -0.376 e. The Bertz CT molecular complexity index is 37.8. The predicted octanol–water partition coefficient (Wildman–Crippen LogP) is 1.82. The third-order valence-electron chi connectivity index (χ3n) is 0.544. The maximum absolute atomic E-state index is 5.25. The zero-order chi connectivity index (χ0) is 5.86. The Hall–Kier alpha value is 0.583. The second-order valence-corrected chi connectivity index (χ2v) is 2.23. The molecule has 0 aliphatic carbocycles. The van der Waals surface area contributed by atoms with Gasteiger partial charge in [0, 0.05) is 19.5 Å². The molecule has 0 aromatic rings. The van der Waals surface area contributed by atoms with Crippen molar-refractivity contribution in [2.45, 2.75) is 39.9 Å². The van der Waals surface area contributed by atoms with E-state index < -0.39 is 0 Å². The third kappa shape index (κ3) is 9.77. The summed E-state index contributed by atoms with van der Waals surface area (Å²) < 4.78 is 5.25. The Kier molecular flexibility index (Phi) is 8.14. The van der Waals surface area contributed by atoms with E-state index in [0.717, 1.165) is 0 Å². The van der Waals surface area contributed by atoms with Gasteiger partial charge in [0.1, 0.15) is 0 Å². The molecule has 0 bridgehead atoms. The standard InChI is InChI=1S/C6H14O.Zn/c1-5(2)7-6(3)4;/h5-6H,1-4H3;. The summed E-state index contributed by atoms with van der Waals surface area (Å²) in [4.78, 5) is 0. The van der Waals surface area contributed by atoms with E-state index in [4.69, 9.17) is 4.74 Å². The van der Waals surface area contributed by atoms with Crippen molar-refractivity contribution >= 4 is 0 Å². The molecule has 0 saturated heterocycles. The molecule has 0 spiro atoms. The van der Waals surface area contributed by atoms with Crippen LogP contribution in [0.4, 0.5) is 0 Å². The van der Waals surface area contributed by atoms with E-state index in [2.05, 4.69) is 0 Å². The Labute approximate surface area is 64.6 Å². The summed E-state index contributed by atoms with van der Waals surface area (Å²) in [5, 5.41) is 0. The van der Waals surface area contributed by atoms with Crippen molar-refractivity contribution in [3.8, 4) is 0 Å². The molecule has 0 saturated carbocycles. The van der Waals surface area contributed by atoms with Crippen LogP contribution in [-0.4, -0.2) is 12.2 Å². The van der Waals surface area contributed by atoms with Crippen molar-refractivity contribution < 1.29 is 24.2 Å². The van der Waals surface area contributed by atoms with E-state index >= 15 is 0 Å². The largest absolute Gasteiger partial charge is 0.376 e. The summed E-state index contributed by atoms with van der Waals surface area (Å²) in [5.41, 5.74) is 0. The van der Waals surface area contributed by atoms with Crippen molar-refractivity contribution in [3.05, 3.63) is 0 Å². The van der Waals surface area contributed by atoms with E-state index in [1.165, 1.54) is 0 Å². The normalized spacial score (nSPS) is 9.75. The fourth-order valence-corrected chi connectivity index (χ4v) is 0.544. The minimum atomic E-state index is 0. The minimum absolute atomic E-state index is 0. The molecular formula is C6H14OZn. The SMILES string of the molecule is CC(C)OC(C)C.[Zn]. The molecule has 0 aromatic carbocycles. The van der Waals surface area contributed by atoms with Gasteiger partial charge in [-0.2, -0.15) is 0 Å². The van der Waals surface area contributed by atoms with Crippen LogP contribution in [0.3, 0.4) is 0 Å². The van der Waals surface area contributed by atoms with Crippen LogP contribution >= 0.6 is 0 Å². The molecule has 46 valence electrons. The molecule has 8 heavy (non-hydrogen) atoms. The summed E-state index contributed by atoms with van der Waals surface area (Å²) in [6, 6.07) is 0. The zero-order valence-electron chi connectivity index (χ0n) is 6.27. The van der Waals surface area contributed by atoms with Gasteiger partial charge in [-0.1, -0.05) is 0 Å². The van der Waals surface area contributed by atoms with Gasteiger partial charge in [0.15, 0.2) is 0 Å². The van der Waals surface area contributed by atoms with E-state index in [9.17, 15) is 0 Å². The first kappa shape index (κ1) is 11.4. The Morgan fingerprint density at radius 1 is 0.875 bits per heavy atom. The Morgan fingerprint density at radius 2 is 1.12 bits per heavy atom. The van der Waals surface area contributed by atoms with Gasteiger partial charge in [0.25, 0.3) is 0 Å². The van der Waals surface area contributed by atoms with Crippen LogP contribution in [-0.2, 0) is 24.2 Å². The Morgan fingerprint density at radius 3 is 1.12 bits per heavy atom. The molecule has 0 aliphatic heterocycles. The fourth-order valence-electron chi connectivity index (χ4n) is 0.544. The summed E-state index contributed by atoms with van der Waals surface area (Å²) in [6.07, 6.45) is 0.750. The van der Waals surface area contributed by atoms with Gasteiger partial charge < -0.3 is 4.74 Å². The second-order valence-electron chi connectivity index (χ2n) is 2.23. The number of hydrogen-bond acceptors (Lipinski definition) is 1. The molecule has 0 unspecified atom stereocenters.